The van der Waals surface area contributed by atoms with Crippen molar-refractivity contribution >= 4 is 11.6 Å². The molecule has 0 radical (unpaired) electrons. The third-order valence-electron chi connectivity index (χ3n) is 3.39. The van der Waals surface area contributed by atoms with Gasteiger partial charge in [0.05, 0.1) is 6.10 Å². The lowest BCUT2D eigenvalue weighted by molar-refractivity contribution is 0.143. The molecule has 106 valence electrons. The Balaban J connectivity index is 2.36. The third-order valence-corrected chi connectivity index (χ3v) is 3.62. The fourth-order valence-electron chi connectivity index (χ4n) is 2.27. The van der Waals surface area contributed by atoms with Gasteiger partial charge in [0.1, 0.15) is 5.82 Å². The van der Waals surface area contributed by atoms with Crippen LogP contribution >= 0.6 is 11.6 Å². The van der Waals surface area contributed by atoms with Crippen LogP contribution in [0.3, 0.4) is 0 Å². The highest BCUT2D eigenvalue weighted by molar-refractivity contribution is 6.30. The van der Waals surface area contributed by atoms with E-state index in [4.69, 9.17) is 17.3 Å². The number of aliphatic hydroxyl groups is 1. The number of aliphatic hydroxyl groups excluding tert-OH is 1. The van der Waals surface area contributed by atoms with Crippen molar-refractivity contribution in [3.8, 4) is 0 Å². The van der Waals surface area contributed by atoms with Gasteiger partial charge in [0.2, 0.25) is 0 Å². The SMILES string of the molecule is Cc1ccc(C(O)C(CN)c2cccc(Cl)c2)c(F)c1. The van der Waals surface area contributed by atoms with Gasteiger partial charge < -0.3 is 10.8 Å². The van der Waals surface area contributed by atoms with Crippen LogP contribution in [0.25, 0.3) is 0 Å². The molecule has 0 aliphatic carbocycles. The molecule has 2 aromatic rings. The summed E-state index contributed by atoms with van der Waals surface area (Å²) in [6.45, 7) is 2.01. The van der Waals surface area contributed by atoms with E-state index in [-0.39, 0.29) is 12.1 Å². The lowest BCUT2D eigenvalue weighted by Gasteiger charge is -2.23. The molecule has 3 N–H and O–H groups in total. The summed E-state index contributed by atoms with van der Waals surface area (Å²) < 4.78 is 14.0. The Morgan fingerprint density at radius 2 is 2.00 bits per heavy atom. The van der Waals surface area contributed by atoms with E-state index in [2.05, 4.69) is 0 Å². The van der Waals surface area contributed by atoms with Gasteiger partial charge in [-0.05, 0) is 36.2 Å². The van der Waals surface area contributed by atoms with E-state index >= 15 is 0 Å². The van der Waals surface area contributed by atoms with Gasteiger partial charge in [-0.25, -0.2) is 4.39 Å². The Kier molecular flexibility index (Phi) is 4.76. The zero-order valence-corrected chi connectivity index (χ0v) is 11.9. The van der Waals surface area contributed by atoms with Gasteiger partial charge in [0.15, 0.2) is 0 Å². The van der Waals surface area contributed by atoms with Crippen LogP contribution in [0.4, 0.5) is 4.39 Å². The second kappa shape index (κ2) is 6.35. The number of benzene rings is 2. The summed E-state index contributed by atoms with van der Waals surface area (Å²) in [5.74, 6) is -0.816. The quantitative estimate of drug-likeness (QED) is 0.905. The highest BCUT2D eigenvalue weighted by atomic mass is 35.5. The molecular formula is C16H17ClFNO. The zero-order chi connectivity index (χ0) is 14.7. The summed E-state index contributed by atoms with van der Waals surface area (Å²) in [6, 6.07) is 11.9. The highest BCUT2D eigenvalue weighted by Gasteiger charge is 2.24. The summed E-state index contributed by atoms with van der Waals surface area (Å²) in [5, 5.41) is 11.0. The molecule has 2 nitrogen and oxygen atoms in total. The molecule has 20 heavy (non-hydrogen) atoms. The van der Waals surface area contributed by atoms with Crippen molar-refractivity contribution in [2.45, 2.75) is 18.9 Å². The van der Waals surface area contributed by atoms with E-state index in [9.17, 15) is 9.50 Å². The average molecular weight is 294 g/mol. The van der Waals surface area contributed by atoms with Crippen LogP contribution in [0, 0.1) is 12.7 Å². The Bertz CT molecular complexity index is 603. The molecule has 0 amide bonds. The molecule has 2 rings (SSSR count). The predicted octanol–water partition coefficient (Wildman–Crippen LogP) is 3.56. The summed E-state index contributed by atoms with van der Waals surface area (Å²) in [4.78, 5) is 0. The Labute approximate surface area is 123 Å². The number of nitrogens with two attached hydrogens (primary N) is 1. The van der Waals surface area contributed by atoms with Crippen LogP contribution < -0.4 is 5.73 Å². The molecule has 2 unspecified atom stereocenters. The minimum absolute atomic E-state index is 0.203. The van der Waals surface area contributed by atoms with E-state index in [0.717, 1.165) is 11.1 Å². The Hall–Kier alpha value is -1.42. The maximum Gasteiger partial charge on any atom is 0.129 e. The van der Waals surface area contributed by atoms with Crippen molar-refractivity contribution in [1.29, 1.82) is 0 Å². The summed E-state index contributed by atoms with van der Waals surface area (Å²) in [6.07, 6.45) is -1.00. The van der Waals surface area contributed by atoms with Crippen molar-refractivity contribution in [2.24, 2.45) is 5.73 Å². The maximum atomic E-state index is 14.0. The molecular weight excluding hydrogens is 277 g/mol. The number of rotatable bonds is 4. The largest absolute Gasteiger partial charge is 0.388 e. The number of halogens is 2. The molecule has 0 aliphatic heterocycles. The normalized spacial score (nSPS) is 14.1. The first-order valence-electron chi connectivity index (χ1n) is 6.42. The molecule has 0 aliphatic rings. The lowest BCUT2D eigenvalue weighted by atomic mass is 9.88. The second-order valence-corrected chi connectivity index (χ2v) is 5.30. The van der Waals surface area contributed by atoms with Crippen LogP contribution in [-0.4, -0.2) is 11.7 Å². The van der Waals surface area contributed by atoms with Crippen LogP contribution in [0.1, 0.15) is 28.7 Å². The molecule has 0 spiro atoms. The van der Waals surface area contributed by atoms with E-state index in [1.807, 2.05) is 6.07 Å². The van der Waals surface area contributed by atoms with E-state index < -0.39 is 17.8 Å². The van der Waals surface area contributed by atoms with E-state index in [1.165, 1.54) is 6.07 Å². The standard InChI is InChI=1S/C16H17ClFNO/c1-10-5-6-13(15(18)7-10)16(20)14(9-19)11-3-2-4-12(17)8-11/h2-8,14,16,20H,9,19H2,1H3. The maximum absolute atomic E-state index is 14.0. The van der Waals surface area contributed by atoms with Crippen LogP contribution in [0.5, 0.6) is 0 Å². The van der Waals surface area contributed by atoms with Gasteiger partial charge in [-0.15, -0.1) is 0 Å². The Morgan fingerprint density at radius 3 is 2.60 bits per heavy atom. The first kappa shape index (κ1) is 15.0. The first-order valence-corrected chi connectivity index (χ1v) is 6.80. The van der Waals surface area contributed by atoms with Crippen molar-refractivity contribution in [2.75, 3.05) is 6.54 Å². The highest BCUT2D eigenvalue weighted by Crippen LogP contribution is 2.32. The fourth-order valence-corrected chi connectivity index (χ4v) is 2.47. The van der Waals surface area contributed by atoms with Gasteiger partial charge >= 0.3 is 0 Å². The lowest BCUT2D eigenvalue weighted by Crippen LogP contribution is -2.21. The average Bonchev–Trinajstić information content (AvgIpc) is 2.39. The van der Waals surface area contributed by atoms with Crippen LogP contribution in [0.15, 0.2) is 42.5 Å². The van der Waals surface area contributed by atoms with Gasteiger partial charge in [-0.3, -0.25) is 0 Å². The summed E-state index contributed by atoms with van der Waals surface area (Å²) in [7, 11) is 0. The van der Waals surface area contributed by atoms with Gasteiger partial charge in [-0.2, -0.15) is 0 Å². The fraction of sp³-hybridized carbons (Fsp3) is 0.250. The molecule has 4 heteroatoms. The molecule has 0 saturated heterocycles. The first-order chi connectivity index (χ1) is 9.52. The monoisotopic (exact) mass is 293 g/mol. The molecule has 0 fully saturated rings. The molecule has 0 aromatic heterocycles. The summed E-state index contributed by atoms with van der Waals surface area (Å²) in [5.41, 5.74) is 7.61. The molecule has 0 bridgehead atoms. The number of hydrogen-bond acceptors (Lipinski definition) is 2. The Morgan fingerprint density at radius 1 is 1.25 bits per heavy atom. The minimum atomic E-state index is -1.00. The number of aryl methyl sites for hydroxylation is 1. The second-order valence-electron chi connectivity index (χ2n) is 4.87. The van der Waals surface area contributed by atoms with Crippen molar-refractivity contribution < 1.29 is 9.50 Å². The molecule has 2 atom stereocenters. The van der Waals surface area contributed by atoms with Crippen molar-refractivity contribution in [1.82, 2.24) is 0 Å². The predicted molar refractivity (Wildman–Crippen MR) is 79.3 cm³/mol. The van der Waals surface area contributed by atoms with Gasteiger partial charge in [0, 0.05) is 23.0 Å². The van der Waals surface area contributed by atoms with Crippen LogP contribution in [-0.2, 0) is 0 Å². The smallest absolute Gasteiger partial charge is 0.129 e. The number of hydrogen-bond donors (Lipinski definition) is 2. The van der Waals surface area contributed by atoms with Crippen LogP contribution in [0.2, 0.25) is 5.02 Å². The minimum Gasteiger partial charge on any atom is -0.388 e. The van der Waals surface area contributed by atoms with Crippen molar-refractivity contribution in [3.63, 3.8) is 0 Å². The summed E-state index contributed by atoms with van der Waals surface area (Å²) >= 11 is 5.95. The van der Waals surface area contributed by atoms with Crippen molar-refractivity contribution in [3.05, 3.63) is 70.0 Å². The topological polar surface area (TPSA) is 46.2 Å². The van der Waals surface area contributed by atoms with E-state index in [0.29, 0.717) is 5.02 Å². The van der Waals surface area contributed by atoms with E-state index in [1.54, 1.807) is 37.3 Å². The third kappa shape index (κ3) is 3.18. The molecule has 2 aromatic carbocycles. The molecule has 0 heterocycles. The zero-order valence-electron chi connectivity index (χ0n) is 11.2. The van der Waals surface area contributed by atoms with Gasteiger partial charge in [-0.1, -0.05) is 35.9 Å². The molecule has 0 saturated carbocycles. The van der Waals surface area contributed by atoms with Gasteiger partial charge in [0.25, 0.3) is 0 Å².